The molecule has 0 heterocycles. The van der Waals surface area contributed by atoms with Crippen LogP contribution in [0.25, 0.3) is 0 Å². The highest BCUT2D eigenvalue weighted by molar-refractivity contribution is 5.33. The third kappa shape index (κ3) is 1.64. The molecule has 1 unspecified atom stereocenters. The summed E-state index contributed by atoms with van der Waals surface area (Å²) >= 11 is 0. The maximum Gasteiger partial charge on any atom is -0.000963 e. The van der Waals surface area contributed by atoms with Gasteiger partial charge in [-0.3, -0.25) is 0 Å². The lowest BCUT2D eigenvalue weighted by Gasteiger charge is -2.22. The van der Waals surface area contributed by atoms with Gasteiger partial charge in [-0.1, -0.05) is 19.6 Å². The molecular weight excluding hydrogens is 132 g/mol. The number of rotatable bonds is 0. The Hall–Kier alpha value is -0.740. The van der Waals surface area contributed by atoms with Crippen molar-refractivity contribution in [2.75, 3.05) is 0 Å². The van der Waals surface area contributed by atoms with E-state index in [0.29, 0.717) is 5.92 Å². The fraction of sp³-hybridized carbons (Fsp3) is 0.545. The van der Waals surface area contributed by atoms with Crippen molar-refractivity contribution in [1.82, 2.24) is 0 Å². The van der Waals surface area contributed by atoms with Crippen LogP contribution in [-0.4, -0.2) is 0 Å². The average molecular weight is 148 g/mol. The summed E-state index contributed by atoms with van der Waals surface area (Å²) in [4.78, 5) is 0. The van der Waals surface area contributed by atoms with E-state index >= 15 is 0 Å². The molecule has 0 aromatic carbocycles. The van der Waals surface area contributed by atoms with Gasteiger partial charge < -0.3 is 0 Å². The van der Waals surface area contributed by atoms with E-state index in [-0.39, 0.29) is 0 Å². The third-order valence-electron chi connectivity index (χ3n) is 2.46. The predicted octanol–water partition coefficient (Wildman–Crippen LogP) is 3.46. The molecule has 1 rings (SSSR count). The summed E-state index contributed by atoms with van der Waals surface area (Å²) in [5.41, 5.74) is 5.86. The van der Waals surface area contributed by atoms with Gasteiger partial charge in [0.05, 0.1) is 0 Å². The summed E-state index contributed by atoms with van der Waals surface area (Å²) in [6.45, 7) is 8.09. The van der Waals surface area contributed by atoms with Crippen LogP contribution < -0.4 is 0 Å². The molecule has 0 bridgehead atoms. The van der Waals surface area contributed by atoms with E-state index in [1.165, 1.54) is 30.4 Å². The van der Waals surface area contributed by atoms with Gasteiger partial charge in [0.2, 0.25) is 0 Å². The van der Waals surface area contributed by atoms with Crippen molar-refractivity contribution < 1.29 is 0 Å². The Balaban J connectivity index is 2.90. The van der Waals surface area contributed by atoms with Crippen molar-refractivity contribution in [2.45, 2.75) is 33.1 Å². The van der Waals surface area contributed by atoms with Gasteiger partial charge in [-0.05, 0) is 43.3 Å². The molecule has 0 amide bonds. The molecule has 1 fully saturated rings. The largest absolute Gasteiger partial charge is 0.125 e. The minimum atomic E-state index is 0.674. The van der Waals surface area contributed by atoms with Crippen LogP contribution in [0, 0.1) is 5.92 Å². The maximum atomic E-state index is 3.73. The standard InChI is InChI=1S/C11H16/c1-4-10-8-6-7-9(3)11(10)5-2/h4,9H,2,6-8H2,1,3H3/b10-4-. The minimum Gasteiger partial charge on any atom is -0.125 e. The molecule has 0 heteroatoms. The fourth-order valence-corrected chi connectivity index (χ4v) is 1.78. The van der Waals surface area contributed by atoms with Gasteiger partial charge in [0, 0.05) is 0 Å². The lowest BCUT2D eigenvalue weighted by Crippen LogP contribution is -2.07. The van der Waals surface area contributed by atoms with E-state index < -0.39 is 0 Å². The molecule has 60 valence electrons. The topological polar surface area (TPSA) is 0 Å². The van der Waals surface area contributed by atoms with Crippen LogP contribution in [0.1, 0.15) is 33.1 Å². The highest BCUT2D eigenvalue weighted by atomic mass is 14.2. The first kappa shape index (κ1) is 8.36. The van der Waals surface area contributed by atoms with Crippen LogP contribution in [-0.2, 0) is 0 Å². The van der Waals surface area contributed by atoms with E-state index in [9.17, 15) is 0 Å². The zero-order valence-corrected chi connectivity index (χ0v) is 7.48. The van der Waals surface area contributed by atoms with Gasteiger partial charge in [0.1, 0.15) is 0 Å². The first-order chi connectivity index (χ1) is 5.29. The maximum absolute atomic E-state index is 3.73. The molecule has 0 aromatic heterocycles. The van der Waals surface area contributed by atoms with Crippen LogP contribution in [0.3, 0.4) is 0 Å². The third-order valence-corrected chi connectivity index (χ3v) is 2.46. The van der Waals surface area contributed by atoms with Gasteiger partial charge >= 0.3 is 0 Å². The molecule has 0 nitrogen and oxygen atoms in total. The van der Waals surface area contributed by atoms with Crippen LogP contribution in [0.2, 0.25) is 0 Å². The number of hydrogen-bond acceptors (Lipinski definition) is 0. The minimum absolute atomic E-state index is 0.674. The first-order valence-corrected chi connectivity index (χ1v) is 4.35. The van der Waals surface area contributed by atoms with E-state index in [1.54, 1.807) is 0 Å². The molecule has 11 heavy (non-hydrogen) atoms. The summed E-state index contributed by atoms with van der Waals surface area (Å²) in [5, 5.41) is 0. The van der Waals surface area contributed by atoms with Gasteiger partial charge in [0.25, 0.3) is 0 Å². The second-order valence-corrected chi connectivity index (χ2v) is 3.20. The lowest BCUT2D eigenvalue weighted by molar-refractivity contribution is 0.540. The van der Waals surface area contributed by atoms with Crippen molar-refractivity contribution in [2.24, 2.45) is 5.92 Å². The SMILES string of the molecule is C=C=C1/C(=C\C)CCCC1C. The molecule has 0 spiro atoms. The Kier molecular flexibility index (Phi) is 2.73. The predicted molar refractivity (Wildman–Crippen MR) is 49.4 cm³/mol. The van der Waals surface area contributed by atoms with Crippen molar-refractivity contribution in [3.05, 3.63) is 29.5 Å². The summed E-state index contributed by atoms with van der Waals surface area (Å²) in [6.07, 6.45) is 6.04. The molecule has 0 aliphatic heterocycles. The van der Waals surface area contributed by atoms with Crippen molar-refractivity contribution in [3.8, 4) is 0 Å². The van der Waals surface area contributed by atoms with Gasteiger partial charge in [-0.2, -0.15) is 0 Å². The summed E-state index contributed by atoms with van der Waals surface area (Å²) in [7, 11) is 0. The van der Waals surface area contributed by atoms with Crippen molar-refractivity contribution in [3.63, 3.8) is 0 Å². The molecule has 1 aliphatic carbocycles. The van der Waals surface area contributed by atoms with Crippen LogP contribution >= 0.6 is 0 Å². The summed E-state index contributed by atoms with van der Waals surface area (Å²) < 4.78 is 0. The van der Waals surface area contributed by atoms with E-state index in [4.69, 9.17) is 0 Å². The van der Waals surface area contributed by atoms with E-state index in [2.05, 4.69) is 32.2 Å². The normalized spacial score (nSPS) is 28.7. The van der Waals surface area contributed by atoms with Gasteiger partial charge in [-0.15, -0.1) is 5.73 Å². The Morgan fingerprint density at radius 2 is 2.36 bits per heavy atom. The molecule has 0 aromatic rings. The monoisotopic (exact) mass is 148 g/mol. The Morgan fingerprint density at radius 1 is 1.64 bits per heavy atom. The molecule has 1 saturated carbocycles. The van der Waals surface area contributed by atoms with Crippen LogP contribution in [0.5, 0.6) is 0 Å². The first-order valence-electron chi connectivity index (χ1n) is 4.35. The molecule has 1 aliphatic rings. The number of hydrogen-bond donors (Lipinski definition) is 0. The molecule has 0 saturated heterocycles. The molecule has 0 N–H and O–H groups in total. The molecular formula is C11H16. The van der Waals surface area contributed by atoms with E-state index in [1.807, 2.05) is 0 Å². The highest BCUT2D eigenvalue weighted by Crippen LogP contribution is 2.32. The summed E-state index contributed by atoms with van der Waals surface area (Å²) in [6, 6.07) is 0. The molecule has 0 radical (unpaired) electrons. The van der Waals surface area contributed by atoms with Crippen LogP contribution in [0.4, 0.5) is 0 Å². The Morgan fingerprint density at radius 3 is 2.82 bits per heavy atom. The Labute approximate surface area is 69.3 Å². The highest BCUT2D eigenvalue weighted by Gasteiger charge is 2.17. The van der Waals surface area contributed by atoms with E-state index in [0.717, 1.165) is 0 Å². The average Bonchev–Trinajstić information content (AvgIpc) is 2.04. The van der Waals surface area contributed by atoms with Gasteiger partial charge in [0.15, 0.2) is 0 Å². The summed E-state index contributed by atoms with van der Waals surface area (Å²) in [5.74, 6) is 0.674. The zero-order chi connectivity index (χ0) is 8.27. The quantitative estimate of drug-likeness (QED) is 0.461. The van der Waals surface area contributed by atoms with Crippen molar-refractivity contribution >= 4 is 0 Å². The lowest BCUT2D eigenvalue weighted by atomic mass is 9.82. The number of allylic oxidation sites excluding steroid dienone is 3. The Bertz CT molecular complexity index is 214. The van der Waals surface area contributed by atoms with Gasteiger partial charge in [-0.25, -0.2) is 0 Å². The second kappa shape index (κ2) is 3.59. The fourth-order valence-electron chi connectivity index (χ4n) is 1.78. The zero-order valence-electron chi connectivity index (χ0n) is 7.48. The molecule has 1 atom stereocenters. The second-order valence-electron chi connectivity index (χ2n) is 3.20. The van der Waals surface area contributed by atoms with Crippen molar-refractivity contribution in [1.29, 1.82) is 0 Å². The smallest absolute Gasteiger partial charge is 0.000963 e. The van der Waals surface area contributed by atoms with Crippen LogP contribution in [0.15, 0.2) is 29.5 Å².